The molecular formula is C23H23ClN2O5S. The highest BCUT2D eigenvalue weighted by atomic mass is 35.5. The Hall–Kier alpha value is -3.23. The summed E-state index contributed by atoms with van der Waals surface area (Å²) < 4.78 is 38.8. The summed E-state index contributed by atoms with van der Waals surface area (Å²) in [6.07, 6.45) is 0.0776. The molecule has 0 unspecified atom stereocenters. The van der Waals surface area contributed by atoms with Gasteiger partial charge in [-0.25, -0.2) is 8.42 Å². The number of anilines is 2. The van der Waals surface area contributed by atoms with Crippen molar-refractivity contribution in [2.45, 2.75) is 18.2 Å². The molecule has 0 fully saturated rings. The lowest BCUT2D eigenvalue weighted by atomic mass is 10.1. The number of methoxy groups -OCH3 is 2. The van der Waals surface area contributed by atoms with Crippen LogP contribution in [0.2, 0.25) is 5.02 Å². The van der Waals surface area contributed by atoms with Gasteiger partial charge in [-0.1, -0.05) is 35.9 Å². The van der Waals surface area contributed by atoms with Crippen LogP contribution >= 0.6 is 11.6 Å². The second-order valence-electron chi connectivity index (χ2n) is 6.98. The summed E-state index contributed by atoms with van der Waals surface area (Å²) in [4.78, 5) is 12.6. The molecular weight excluding hydrogens is 452 g/mol. The van der Waals surface area contributed by atoms with E-state index in [-0.39, 0.29) is 27.9 Å². The average Bonchev–Trinajstić information content (AvgIpc) is 2.76. The van der Waals surface area contributed by atoms with Gasteiger partial charge in [0.1, 0.15) is 0 Å². The van der Waals surface area contributed by atoms with Gasteiger partial charge in [0.2, 0.25) is 5.91 Å². The van der Waals surface area contributed by atoms with Crippen molar-refractivity contribution in [2.24, 2.45) is 0 Å². The Morgan fingerprint density at radius 2 is 1.69 bits per heavy atom. The Kier molecular flexibility index (Phi) is 7.27. The maximum atomic E-state index is 12.9. The third kappa shape index (κ3) is 5.52. The number of carbonyl (C=O) groups excluding carboxylic acids is 1. The predicted molar refractivity (Wildman–Crippen MR) is 125 cm³/mol. The van der Waals surface area contributed by atoms with Gasteiger partial charge in [0.05, 0.1) is 36.2 Å². The zero-order valence-electron chi connectivity index (χ0n) is 17.8. The van der Waals surface area contributed by atoms with Gasteiger partial charge in [0, 0.05) is 5.69 Å². The second kappa shape index (κ2) is 9.93. The number of carbonyl (C=O) groups is 1. The third-order valence-electron chi connectivity index (χ3n) is 4.69. The van der Waals surface area contributed by atoms with Gasteiger partial charge in [0.25, 0.3) is 10.0 Å². The topological polar surface area (TPSA) is 93.7 Å². The summed E-state index contributed by atoms with van der Waals surface area (Å²) >= 11 is 6.07. The monoisotopic (exact) mass is 474 g/mol. The summed E-state index contributed by atoms with van der Waals surface area (Å²) in [7, 11) is -0.861. The van der Waals surface area contributed by atoms with Gasteiger partial charge in [-0.2, -0.15) is 0 Å². The summed E-state index contributed by atoms with van der Waals surface area (Å²) in [6.45, 7) is 1.68. The fraction of sp³-hybridized carbons (Fsp3) is 0.174. The third-order valence-corrected chi connectivity index (χ3v) is 6.53. The van der Waals surface area contributed by atoms with E-state index in [0.29, 0.717) is 22.7 Å². The highest BCUT2D eigenvalue weighted by molar-refractivity contribution is 7.92. The van der Waals surface area contributed by atoms with E-state index in [1.165, 1.54) is 20.3 Å². The number of rotatable bonds is 8. The molecule has 168 valence electrons. The normalized spacial score (nSPS) is 11.0. The first-order chi connectivity index (χ1) is 15.2. The second-order valence-corrected chi connectivity index (χ2v) is 9.04. The SMILES string of the molecule is COc1ccc(CC(=O)Nc2ccc(C)c(S(=O)(=O)Nc3ccccc3Cl)c2)cc1OC. The maximum absolute atomic E-state index is 12.9. The summed E-state index contributed by atoms with van der Waals surface area (Å²) in [5.74, 6) is 0.784. The molecule has 9 heteroatoms. The molecule has 0 aliphatic heterocycles. The van der Waals surface area contributed by atoms with Crippen molar-refractivity contribution in [1.82, 2.24) is 0 Å². The van der Waals surface area contributed by atoms with Crippen LogP contribution < -0.4 is 19.5 Å². The lowest BCUT2D eigenvalue weighted by Gasteiger charge is -2.14. The van der Waals surface area contributed by atoms with Gasteiger partial charge < -0.3 is 14.8 Å². The molecule has 0 radical (unpaired) electrons. The van der Waals surface area contributed by atoms with Crippen LogP contribution in [0.25, 0.3) is 0 Å². The average molecular weight is 475 g/mol. The minimum Gasteiger partial charge on any atom is -0.493 e. The van der Waals surface area contributed by atoms with E-state index in [1.807, 2.05) is 0 Å². The van der Waals surface area contributed by atoms with E-state index in [0.717, 1.165) is 5.56 Å². The number of sulfonamides is 1. The van der Waals surface area contributed by atoms with E-state index in [9.17, 15) is 13.2 Å². The van der Waals surface area contributed by atoms with Crippen molar-refractivity contribution < 1.29 is 22.7 Å². The highest BCUT2D eigenvalue weighted by Gasteiger charge is 2.19. The molecule has 0 saturated carbocycles. The molecule has 0 saturated heterocycles. The van der Waals surface area contributed by atoms with Crippen LogP contribution in [-0.4, -0.2) is 28.5 Å². The minimum atomic E-state index is -3.92. The first-order valence-electron chi connectivity index (χ1n) is 9.62. The van der Waals surface area contributed by atoms with Gasteiger partial charge in [-0.15, -0.1) is 0 Å². The Balaban J connectivity index is 1.78. The molecule has 0 aromatic heterocycles. The van der Waals surface area contributed by atoms with E-state index >= 15 is 0 Å². The van der Waals surface area contributed by atoms with Gasteiger partial charge in [-0.3, -0.25) is 9.52 Å². The van der Waals surface area contributed by atoms with Crippen molar-refractivity contribution in [3.05, 3.63) is 76.8 Å². The van der Waals surface area contributed by atoms with Crippen LogP contribution in [0, 0.1) is 6.92 Å². The standard InChI is InChI=1S/C23H23ClN2O5S/c1-15-8-10-17(14-22(15)32(28,29)26-19-7-5-4-6-18(19)24)25-23(27)13-16-9-11-20(30-2)21(12-16)31-3/h4-12,14,26H,13H2,1-3H3,(H,25,27). The molecule has 2 N–H and O–H groups in total. The Morgan fingerprint density at radius 1 is 0.969 bits per heavy atom. The van der Waals surface area contributed by atoms with E-state index in [4.69, 9.17) is 21.1 Å². The molecule has 3 aromatic rings. The molecule has 0 heterocycles. The zero-order valence-corrected chi connectivity index (χ0v) is 19.4. The van der Waals surface area contributed by atoms with Crippen LogP contribution in [-0.2, 0) is 21.2 Å². The minimum absolute atomic E-state index is 0.0429. The molecule has 0 bridgehead atoms. The van der Waals surface area contributed by atoms with Crippen LogP contribution in [0.1, 0.15) is 11.1 Å². The number of para-hydroxylation sites is 1. The van der Waals surface area contributed by atoms with Crippen molar-refractivity contribution in [1.29, 1.82) is 0 Å². The molecule has 0 aliphatic carbocycles. The maximum Gasteiger partial charge on any atom is 0.262 e. The van der Waals surface area contributed by atoms with Crippen LogP contribution in [0.5, 0.6) is 11.5 Å². The highest BCUT2D eigenvalue weighted by Crippen LogP contribution is 2.29. The smallest absolute Gasteiger partial charge is 0.262 e. The Bertz CT molecular complexity index is 1240. The van der Waals surface area contributed by atoms with E-state index in [2.05, 4.69) is 10.0 Å². The van der Waals surface area contributed by atoms with E-state index in [1.54, 1.807) is 61.5 Å². The number of halogens is 1. The molecule has 0 aliphatic rings. The Labute approximate surface area is 192 Å². The zero-order chi connectivity index (χ0) is 23.3. The van der Waals surface area contributed by atoms with Gasteiger partial charge in [-0.05, 0) is 54.4 Å². The Morgan fingerprint density at radius 3 is 2.38 bits per heavy atom. The fourth-order valence-electron chi connectivity index (χ4n) is 3.09. The van der Waals surface area contributed by atoms with Crippen LogP contribution in [0.15, 0.2) is 65.6 Å². The van der Waals surface area contributed by atoms with E-state index < -0.39 is 10.0 Å². The quantitative estimate of drug-likeness (QED) is 0.495. The van der Waals surface area contributed by atoms with Crippen molar-refractivity contribution in [3.8, 4) is 11.5 Å². The van der Waals surface area contributed by atoms with Crippen molar-refractivity contribution in [2.75, 3.05) is 24.3 Å². The molecule has 3 rings (SSSR count). The number of aryl methyl sites for hydroxylation is 1. The van der Waals surface area contributed by atoms with Crippen molar-refractivity contribution >= 4 is 38.9 Å². The molecule has 1 amide bonds. The lowest BCUT2D eigenvalue weighted by molar-refractivity contribution is -0.115. The lowest BCUT2D eigenvalue weighted by Crippen LogP contribution is -2.17. The number of hydrogen-bond donors (Lipinski definition) is 2. The number of amides is 1. The molecule has 3 aromatic carbocycles. The first kappa shape index (κ1) is 23.4. The number of ether oxygens (including phenoxy) is 2. The molecule has 0 atom stereocenters. The summed E-state index contributed by atoms with van der Waals surface area (Å²) in [5, 5.41) is 3.03. The number of hydrogen-bond acceptors (Lipinski definition) is 5. The van der Waals surface area contributed by atoms with Crippen LogP contribution in [0.4, 0.5) is 11.4 Å². The van der Waals surface area contributed by atoms with Crippen LogP contribution in [0.3, 0.4) is 0 Å². The predicted octanol–water partition coefficient (Wildman–Crippen LogP) is 4.65. The van der Waals surface area contributed by atoms with Gasteiger partial charge in [0.15, 0.2) is 11.5 Å². The molecule has 32 heavy (non-hydrogen) atoms. The summed E-state index contributed by atoms with van der Waals surface area (Å²) in [6, 6.07) is 16.5. The van der Waals surface area contributed by atoms with Gasteiger partial charge >= 0.3 is 0 Å². The number of benzene rings is 3. The molecule has 7 nitrogen and oxygen atoms in total. The number of nitrogens with one attached hydrogen (secondary N) is 2. The molecule has 0 spiro atoms. The fourth-order valence-corrected chi connectivity index (χ4v) is 4.68. The van der Waals surface area contributed by atoms with Crippen molar-refractivity contribution in [3.63, 3.8) is 0 Å². The first-order valence-corrected chi connectivity index (χ1v) is 11.5. The summed E-state index contributed by atoms with van der Waals surface area (Å²) in [5.41, 5.74) is 1.89. The largest absolute Gasteiger partial charge is 0.493 e.